The van der Waals surface area contributed by atoms with Crippen LogP contribution in [0.15, 0.2) is 0 Å². The predicted octanol–water partition coefficient (Wildman–Crippen LogP) is 2.11. The highest BCUT2D eigenvalue weighted by Gasteiger charge is 2.07. The van der Waals surface area contributed by atoms with E-state index in [0.717, 1.165) is 52.1 Å². The van der Waals surface area contributed by atoms with E-state index in [2.05, 4.69) is 34.1 Å². The van der Waals surface area contributed by atoms with E-state index in [-0.39, 0.29) is 0 Å². The topological polar surface area (TPSA) is 148 Å². The summed E-state index contributed by atoms with van der Waals surface area (Å²) < 4.78 is 27.8. The Bertz CT molecular complexity index is 566. The zero-order valence-electron chi connectivity index (χ0n) is 22.3. The summed E-state index contributed by atoms with van der Waals surface area (Å²) in [5.41, 5.74) is 0. The fourth-order valence-electron chi connectivity index (χ4n) is 3.21. The van der Waals surface area contributed by atoms with Crippen LogP contribution in [-0.4, -0.2) is 115 Å². The van der Waals surface area contributed by atoms with E-state index in [4.69, 9.17) is 44.7 Å². The average Bonchev–Trinajstić information content (AvgIpc) is 2.91. The molecule has 0 bridgehead atoms. The Hall–Kier alpha value is -2.32. The van der Waals surface area contributed by atoms with Gasteiger partial charge in [0.15, 0.2) is 0 Å². The van der Waals surface area contributed by atoms with Crippen molar-refractivity contribution in [1.29, 1.82) is 21.0 Å². The third-order valence-corrected chi connectivity index (χ3v) is 5.17. The lowest BCUT2D eigenvalue weighted by Crippen LogP contribution is -2.33. The van der Waals surface area contributed by atoms with E-state index < -0.39 is 0 Å². The molecule has 37 heavy (non-hydrogen) atoms. The van der Waals surface area contributed by atoms with E-state index in [1.54, 1.807) is 0 Å². The molecule has 0 heterocycles. The van der Waals surface area contributed by atoms with Gasteiger partial charge in [-0.05, 0) is 12.8 Å². The van der Waals surface area contributed by atoms with Gasteiger partial charge in [-0.2, -0.15) is 21.0 Å². The molecule has 0 atom stereocenters. The molecule has 0 N–H and O–H groups in total. The number of rotatable bonds is 28. The van der Waals surface area contributed by atoms with Crippen LogP contribution in [0.1, 0.15) is 38.5 Å². The molecule has 11 heteroatoms. The Morgan fingerprint density at radius 2 is 0.622 bits per heavy atom. The first-order valence-electron chi connectivity index (χ1n) is 13.1. The van der Waals surface area contributed by atoms with Gasteiger partial charge in [-0.25, -0.2) is 0 Å². The minimum Gasteiger partial charge on any atom is -0.381 e. The summed E-state index contributed by atoms with van der Waals surface area (Å²) in [7, 11) is 0. The number of hydrogen-bond acceptors (Lipinski definition) is 11. The van der Waals surface area contributed by atoms with Crippen LogP contribution in [0.3, 0.4) is 0 Å². The summed E-state index contributed by atoms with van der Waals surface area (Å²) in [4.78, 5) is 4.50. The van der Waals surface area contributed by atoms with Gasteiger partial charge in [-0.3, -0.25) is 9.80 Å². The van der Waals surface area contributed by atoms with Gasteiger partial charge in [0.2, 0.25) is 0 Å². The van der Waals surface area contributed by atoms with Crippen LogP contribution in [0.2, 0.25) is 0 Å². The van der Waals surface area contributed by atoms with Gasteiger partial charge in [0, 0.05) is 52.5 Å². The summed E-state index contributed by atoms with van der Waals surface area (Å²) >= 11 is 0. The molecule has 0 saturated carbocycles. The highest BCUT2D eigenvalue weighted by molar-refractivity contribution is 4.69. The minimum absolute atomic E-state index is 0.394. The largest absolute Gasteiger partial charge is 0.381 e. The fourth-order valence-corrected chi connectivity index (χ4v) is 3.21. The van der Waals surface area contributed by atoms with Crippen molar-refractivity contribution < 1.29 is 23.7 Å². The monoisotopic (exact) mass is 520 g/mol. The Balaban J connectivity index is 4.13. The maximum absolute atomic E-state index is 8.60. The SMILES string of the molecule is N#CCCOCCN(CCCOCCCN(CCOCCC#N)CCOCCC#N)CCOCCC#N. The Morgan fingerprint density at radius 1 is 0.351 bits per heavy atom. The molecule has 0 aromatic heterocycles. The zero-order chi connectivity index (χ0) is 27.1. The molecule has 0 spiro atoms. The van der Waals surface area contributed by atoms with Crippen LogP contribution in [0.4, 0.5) is 0 Å². The molecule has 0 unspecified atom stereocenters. The normalized spacial score (nSPS) is 10.8. The average molecular weight is 521 g/mol. The summed E-state index contributed by atoms with van der Waals surface area (Å²) in [6, 6.07) is 8.29. The van der Waals surface area contributed by atoms with Crippen molar-refractivity contribution in [3.63, 3.8) is 0 Å². The highest BCUT2D eigenvalue weighted by Crippen LogP contribution is 1.98. The van der Waals surface area contributed by atoms with Crippen LogP contribution in [-0.2, 0) is 23.7 Å². The first kappa shape index (κ1) is 34.7. The molecule has 0 radical (unpaired) electrons. The molecule has 0 amide bonds. The zero-order valence-corrected chi connectivity index (χ0v) is 22.3. The lowest BCUT2D eigenvalue weighted by atomic mass is 10.3. The molecule has 0 saturated heterocycles. The van der Waals surface area contributed by atoms with Gasteiger partial charge in [0.25, 0.3) is 0 Å². The summed E-state index contributed by atoms with van der Waals surface area (Å²) in [5, 5.41) is 34.4. The van der Waals surface area contributed by atoms with Crippen molar-refractivity contribution in [2.45, 2.75) is 38.5 Å². The maximum Gasteiger partial charge on any atom is 0.0645 e. The lowest BCUT2D eigenvalue weighted by molar-refractivity contribution is 0.0617. The van der Waals surface area contributed by atoms with E-state index in [1.165, 1.54) is 0 Å². The number of nitrogens with zero attached hydrogens (tertiary/aromatic N) is 6. The third kappa shape index (κ3) is 26.6. The molecule has 0 fully saturated rings. The van der Waals surface area contributed by atoms with Gasteiger partial charge in [-0.15, -0.1) is 0 Å². The van der Waals surface area contributed by atoms with Crippen molar-refractivity contribution in [2.24, 2.45) is 0 Å². The van der Waals surface area contributed by atoms with Gasteiger partial charge >= 0.3 is 0 Å². The molecular weight excluding hydrogens is 476 g/mol. The number of hydrogen-bond donors (Lipinski definition) is 0. The fraction of sp³-hybridized carbons (Fsp3) is 0.846. The van der Waals surface area contributed by atoms with Crippen LogP contribution >= 0.6 is 0 Å². The minimum atomic E-state index is 0.394. The maximum atomic E-state index is 8.60. The first-order valence-corrected chi connectivity index (χ1v) is 13.1. The quantitative estimate of drug-likeness (QED) is 0.140. The van der Waals surface area contributed by atoms with Crippen LogP contribution in [0.5, 0.6) is 0 Å². The van der Waals surface area contributed by atoms with E-state index in [0.29, 0.717) is 91.8 Å². The summed E-state index contributed by atoms with van der Waals surface area (Å²) in [6.07, 6.45) is 3.35. The molecule has 208 valence electrons. The molecule has 0 aliphatic rings. The van der Waals surface area contributed by atoms with E-state index in [1.807, 2.05) is 0 Å². The number of nitriles is 4. The molecule has 0 rings (SSSR count). The van der Waals surface area contributed by atoms with Crippen molar-refractivity contribution in [3.8, 4) is 24.3 Å². The van der Waals surface area contributed by atoms with Crippen molar-refractivity contribution >= 4 is 0 Å². The second kappa shape index (κ2) is 29.9. The van der Waals surface area contributed by atoms with E-state index >= 15 is 0 Å². The Labute approximate surface area is 223 Å². The molecule has 0 aromatic rings. The smallest absolute Gasteiger partial charge is 0.0645 e. The van der Waals surface area contributed by atoms with Gasteiger partial charge in [0.05, 0.1) is 103 Å². The standard InChI is InChI=1S/C26H44N6O5/c27-7-1-17-34-23-13-31(14-24-35-18-2-8-28)11-5-21-33-22-6-12-32(15-25-36-19-3-9-29)16-26-37-20-4-10-30/h1-6,11-26H2. The Morgan fingerprint density at radius 3 is 0.892 bits per heavy atom. The van der Waals surface area contributed by atoms with Crippen molar-refractivity contribution in [1.82, 2.24) is 9.80 Å². The number of ether oxygens (including phenoxy) is 5. The van der Waals surface area contributed by atoms with Crippen LogP contribution < -0.4 is 0 Å². The lowest BCUT2D eigenvalue weighted by Gasteiger charge is -2.23. The second-order valence-corrected chi connectivity index (χ2v) is 8.08. The first-order chi connectivity index (χ1) is 18.3. The molecule has 0 aliphatic heterocycles. The van der Waals surface area contributed by atoms with Gasteiger partial charge in [0.1, 0.15) is 0 Å². The highest BCUT2D eigenvalue weighted by atomic mass is 16.5. The molecule has 0 aromatic carbocycles. The second-order valence-electron chi connectivity index (χ2n) is 8.08. The van der Waals surface area contributed by atoms with Crippen LogP contribution in [0, 0.1) is 45.3 Å². The summed E-state index contributed by atoms with van der Waals surface area (Å²) in [6.45, 7) is 10.1. The van der Waals surface area contributed by atoms with Crippen LogP contribution in [0.25, 0.3) is 0 Å². The molecule has 0 aliphatic carbocycles. The molecule has 11 nitrogen and oxygen atoms in total. The molecular formula is C26H44N6O5. The predicted molar refractivity (Wildman–Crippen MR) is 137 cm³/mol. The van der Waals surface area contributed by atoms with Crippen molar-refractivity contribution in [3.05, 3.63) is 0 Å². The van der Waals surface area contributed by atoms with Gasteiger partial charge < -0.3 is 23.7 Å². The van der Waals surface area contributed by atoms with E-state index in [9.17, 15) is 0 Å². The van der Waals surface area contributed by atoms with Crippen molar-refractivity contribution in [2.75, 3.05) is 105 Å². The van der Waals surface area contributed by atoms with Gasteiger partial charge in [-0.1, -0.05) is 0 Å². The summed E-state index contributed by atoms with van der Waals surface area (Å²) in [5.74, 6) is 0. The Kier molecular flexibility index (Phi) is 28.0. The third-order valence-electron chi connectivity index (χ3n) is 5.17.